The Morgan fingerprint density at radius 1 is 1.00 bits per heavy atom. The predicted octanol–water partition coefficient (Wildman–Crippen LogP) is 5.20. The highest BCUT2D eigenvalue weighted by Crippen LogP contribution is 2.27. The van der Waals surface area contributed by atoms with Gasteiger partial charge in [-0.1, -0.05) is 37.3 Å². The van der Waals surface area contributed by atoms with Gasteiger partial charge in [0.2, 0.25) is 0 Å². The number of aryl methyl sites for hydroxylation is 1. The quantitative estimate of drug-likeness (QED) is 0.390. The summed E-state index contributed by atoms with van der Waals surface area (Å²) >= 11 is 0. The van der Waals surface area contributed by atoms with Crippen molar-refractivity contribution in [2.75, 3.05) is 4.90 Å². The SMILES string of the molecule is CCCc1nc2cc(N(Cc3ccccc3)C(=O)c3ccc(F)c(F)c3)ccc2n1CC(=O)O. The maximum atomic E-state index is 13.9. The Kier molecular flexibility index (Phi) is 6.67. The molecule has 1 N–H and O–H groups in total. The Morgan fingerprint density at radius 2 is 1.76 bits per heavy atom. The van der Waals surface area contributed by atoms with Crippen LogP contribution in [0.4, 0.5) is 14.5 Å². The normalized spacial score (nSPS) is 11.0. The molecule has 4 aromatic rings. The predicted molar refractivity (Wildman–Crippen MR) is 125 cm³/mol. The highest BCUT2D eigenvalue weighted by atomic mass is 19.2. The molecule has 0 fully saturated rings. The molecular weight excluding hydrogens is 440 g/mol. The van der Waals surface area contributed by atoms with E-state index in [1.165, 1.54) is 11.0 Å². The Bertz CT molecular complexity index is 1350. The minimum Gasteiger partial charge on any atom is -0.480 e. The van der Waals surface area contributed by atoms with Gasteiger partial charge in [-0.3, -0.25) is 9.59 Å². The number of aliphatic carboxylic acids is 1. The number of hydrogen-bond donors (Lipinski definition) is 1. The number of hydrogen-bond acceptors (Lipinski definition) is 3. The van der Waals surface area contributed by atoms with Crippen LogP contribution in [0.15, 0.2) is 66.7 Å². The van der Waals surface area contributed by atoms with E-state index in [1.54, 1.807) is 22.8 Å². The third-order valence-electron chi connectivity index (χ3n) is 5.48. The summed E-state index contributed by atoms with van der Waals surface area (Å²) < 4.78 is 29.0. The van der Waals surface area contributed by atoms with Crippen molar-refractivity contribution >= 4 is 28.6 Å². The molecule has 0 aliphatic carbocycles. The van der Waals surface area contributed by atoms with E-state index < -0.39 is 23.5 Å². The average molecular weight is 463 g/mol. The van der Waals surface area contributed by atoms with Crippen LogP contribution in [0, 0.1) is 11.6 Å². The highest BCUT2D eigenvalue weighted by Gasteiger charge is 2.22. The van der Waals surface area contributed by atoms with E-state index in [4.69, 9.17) is 0 Å². The van der Waals surface area contributed by atoms with Crippen molar-refractivity contribution in [3.05, 3.63) is 95.3 Å². The van der Waals surface area contributed by atoms with Crippen LogP contribution >= 0.6 is 0 Å². The minimum absolute atomic E-state index is 0.0120. The minimum atomic E-state index is -1.10. The number of carboxylic acids is 1. The monoisotopic (exact) mass is 463 g/mol. The summed E-state index contributed by atoms with van der Waals surface area (Å²) in [5.41, 5.74) is 2.57. The lowest BCUT2D eigenvalue weighted by Gasteiger charge is -2.23. The van der Waals surface area contributed by atoms with Crippen molar-refractivity contribution in [2.24, 2.45) is 0 Å². The van der Waals surface area contributed by atoms with Gasteiger partial charge in [0.25, 0.3) is 5.91 Å². The second-order valence-electron chi connectivity index (χ2n) is 7.94. The van der Waals surface area contributed by atoms with Crippen molar-refractivity contribution < 1.29 is 23.5 Å². The first-order chi connectivity index (χ1) is 16.4. The first-order valence-electron chi connectivity index (χ1n) is 10.9. The maximum Gasteiger partial charge on any atom is 0.323 e. The topological polar surface area (TPSA) is 75.4 Å². The van der Waals surface area contributed by atoms with Crippen LogP contribution in [0.25, 0.3) is 11.0 Å². The van der Waals surface area contributed by atoms with Gasteiger partial charge in [0, 0.05) is 17.7 Å². The molecule has 6 nitrogen and oxygen atoms in total. The van der Waals surface area contributed by atoms with E-state index in [0.717, 1.165) is 24.1 Å². The summed E-state index contributed by atoms with van der Waals surface area (Å²) in [5.74, 6) is -2.95. The summed E-state index contributed by atoms with van der Waals surface area (Å²) in [6, 6.07) is 17.5. The number of aromatic nitrogens is 2. The Labute approximate surface area is 195 Å². The molecule has 0 atom stereocenters. The van der Waals surface area contributed by atoms with Crippen LogP contribution in [0.1, 0.15) is 35.1 Å². The number of benzene rings is 3. The van der Waals surface area contributed by atoms with Crippen molar-refractivity contribution in [3.8, 4) is 0 Å². The smallest absolute Gasteiger partial charge is 0.323 e. The van der Waals surface area contributed by atoms with E-state index in [1.807, 2.05) is 37.3 Å². The molecule has 0 radical (unpaired) electrons. The van der Waals surface area contributed by atoms with E-state index in [0.29, 0.717) is 29.0 Å². The molecule has 0 saturated heterocycles. The third-order valence-corrected chi connectivity index (χ3v) is 5.48. The molecule has 3 aromatic carbocycles. The van der Waals surface area contributed by atoms with Gasteiger partial charge >= 0.3 is 5.97 Å². The van der Waals surface area contributed by atoms with Gasteiger partial charge in [0.1, 0.15) is 12.4 Å². The fraction of sp³-hybridized carbons (Fsp3) is 0.192. The van der Waals surface area contributed by atoms with E-state index >= 15 is 0 Å². The molecular formula is C26H23F2N3O3. The van der Waals surface area contributed by atoms with Crippen molar-refractivity contribution in [1.29, 1.82) is 0 Å². The fourth-order valence-electron chi connectivity index (χ4n) is 3.89. The standard InChI is InChI=1S/C26H23F2N3O3/c1-2-6-24-29-22-14-19(10-12-23(22)31(24)16-25(32)33)30(15-17-7-4-3-5-8-17)26(34)18-9-11-20(27)21(28)13-18/h3-5,7-14H,2,6,15-16H2,1H3,(H,32,33). The Morgan fingerprint density at radius 3 is 2.44 bits per heavy atom. The van der Waals surface area contributed by atoms with Gasteiger partial charge in [-0.15, -0.1) is 0 Å². The fourth-order valence-corrected chi connectivity index (χ4v) is 3.89. The molecule has 1 heterocycles. The van der Waals surface area contributed by atoms with Crippen LogP contribution < -0.4 is 4.90 Å². The summed E-state index contributed by atoms with van der Waals surface area (Å²) in [6.45, 7) is 1.96. The van der Waals surface area contributed by atoms with Gasteiger partial charge in [-0.25, -0.2) is 13.8 Å². The molecule has 0 spiro atoms. The summed E-state index contributed by atoms with van der Waals surface area (Å²) in [5, 5.41) is 9.33. The molecule has 0 aliphatic heterocycles. The van der Waals surface area contributed by atoms with Crippen LogP contribution in [-0.4, -0.2) is 26.5 Å². The average Bonchev–Trinajstić information content (AvgIpc) is 3.15. The summed E-state index contributed by atoms with van der Waals surface area (Å²) in [7, 11) is 0. The lowest BCUT2D eigenvalue weighted by atomic mass is 10.1. The molecule has 0 bridgehead atoms. The van der Waals surface area contributed by atoms with Gasteiger partial charge < -0.3 is 14.6 Å². The van der Waals surface area contributed by atoms with E-state index in [2.05, 4.69) is 4.98 Å². The van der Waals surface area contributed by atoms with Crippen LogP contribution in [-0.2, 0) is 24.3 Å². The van der Waals surface area contributed by atoms with Crippen LogP contribution in [0.3, 0.4) is 0 Å². The third kappa shape index (κ3) is 4.80. The Balaban J connectivity index is 1.79. The number of fused-ring (bicyclic) bond motifs is 1. The Hall–Kier alpha value is -4.07. The number of carbonyl (C=O) groups is 2. The largest absolute Gasteiger partial charge is 0.480 e. The van der Waals surface area contributed by atoms with Gasteiger partial charge in [0.15, 0.2) is 11.6 Å². The van der Waals surface area contributed by atoms with Gasteiger partial charge in [0.05, 0.1) is 17.6 Å². The van der Waals surface area contributed by atoms with E-state index in [-0.39, 0.29) is 18.7 Å². The van der Waals surface area contributed by atoms with Crippen LogP contribution in [0.2, 0.25) is 0 Å². The molecule has 0 aliphatic rings. The summed E-state index contributed by atoms with van der Waals surface area (Å²) in [4.78, 5) is 30.9. The number of amides is 1. The molecule has 8 heteroatoms. The molecule has 0 saturated carbocycles. The number of carboxylic acid groups (broad SMARTS) is 1. The van der Waals surface area contributed by atoms with Gasteiger partial charge in [-0.2, -0.15) is 0 Å². The first-order valence-corrected chi connectivity index (χ1v) is 10.9. The number of halogens is 2. The van der Waals surface area contributed by atoms with Gasteiger partial charge in [-0.05, 0) is 48.4 Å². The lowest BCUT2D eigenvalue weighted by molar-refractivity contribution is -0.137. The lowest BCUT2D eigenvalue weighted by Crippen LogP contribution is -2.30. The first kappa shape index (κ1) is 23.1. The summed E-state index contributed by atoms with van der Waals surface area (Å²) in [6.07, 6.45) is 1.41. The molecule has 1 amide bonds. The zero-order chi connectivity index (χ0) is 24.2. The second-order valence-corrected chi connectivity index (χ2v) is 7.94. The van der Waals surface area contributed by atoms with Crippen molar-refractivity contribution in [1.82, 2.24) is 9.55 Å². The molecule has 174 valence electrons. The molecule has 1 aromatic heterocycles. The van der Waals surface area contributed by atoms with Crippen molar-refractivity contribution in [3.63, 3.8) is 0 Å². The highest BCUT2D eigenvalue weighted by molar-refractivity contribution is 6.06. The zero-order valence-corrected chi connectivity index (χ0v) is 18.5. The molecule has 4 rings (SSSR count). The number of imidazole rings is 1. The van der Waals surface area contributed by atoms with Crippen LogP contribution in [0.5, 0.6) is 0 Å². The molecule has 0 unspecified atom stereocenters. The number of nitrogens with zero attached hydrogens (tertiary/aromatic N) is 3. The number of anilines is 1. The second kappa shape index (κ2) is 9.82. The molecule has 34 heavy (non-hydrogen) atoms. The zero-order valence-electron chi connectivity index (χ0n) is 18.5. The van der Waals surface area contributed by atoms with Crippen molar-refractivity contribution in [2.45, 2.75) is 32.9 Å². The van der Waals surface area contributed by atoms with E-state index in [9.17, 15) is 23.5 Å². The maximum absolute atomic E-state index is 13.9. The number of rotatable bonds is 8. The number of carbonyl (C=O) groups excluding carboxylic acids is 1.